The van der Waals surface area contributed by atoms with E-state index in [9.17, 15) is 0 Å². The lowest BCUT2D eigenvalue weighted by Gasteiger charge is -2.14. The minimum Gasteiger partial charge on any atom is -0.463 e. The Labute approximate surface area is 113 Å². The number of likely N-dealkylation sites (N-methyl/N-ethyl adjacent to an activating group) is 1. The van der Waals surface area contributed by atoms with Crippen LogP contribution in [0.4, 0.5) is 11.9 Å². The largest absolute Gasteiger partial charge is 0.463 e. The van der Waals surface area contributed by atoms with Crippen molar-refractivity contribution in [3.63, 3.8) is 0 Å². The number of anilines is 2. The molecule has 2 N–H and O–H groups in total. The van der Waals surface area contributed by atoms with Crippen molar-refractivity contribution in [1.29, 1.82) is 0 Å². The molecule has 19 heavy (non-hydrogen) atoms. The van der Waals surface area contributed by atoms with Gasteiger partial charge in [-0.2, -0.15) is 15.0 Å². The molecule has 0 spiro atoms. The lowest BCUT2D eigenvalue weighted by molar-refractivity contribution is 0.292. The Morgan fingerprint density at radius 1 is 1.32 bits per heavy atom. The van der Waals surface area contributed by atoms with Gasteiger partial charge in [0, 0.05) is 19.6 Å². The maximum Gasteiger partial charge on any atom is 0.323 e. The van der Waals surface area contributed by atoms with Gasteiger partial charge >= 0.3 is 6.01 Å². The fraction of sp³-hybridized carbons (Fsp3) is 0.750. The van der Waals surface area contributed by atoms with Crippen LogP contribution in [-0.2, 0) is 0 Å². The Morgan fingerprint density at radius 2 is 2.11 bits per heavy atom. The highest BCUT2D eigenvalue weighted by Gasteiger charge is 2.20. The SMILES string of the molecule is CCCOc1nc(NC)nc(NC2CCN(C)C2)n1. The third kappa shape index (κ3) is 3.92. The average Bonchev–Trinajstić information content (AvgIpc) is 2.81. The van der Waals surface area contributed by atoms with Crippen molar-refractivity contribution in [2.24, 2.45) is 0 Å². The molecule has 1 fully saturated rings. The summed E-state index contributed by atoms with van der Waals surface area (Å²) < 4.78 is 5.47. The van der Waals surface area contributed by atoms with Gasteiger partial charge in [-0.25, -0.2) is 0 Å². The molecular formula is C12H22N6O. The number of likely N-dealkylation sites (tertiary alicyclic amines) is 1. The van der Waals surface area contributed by atoms with E-state index in [4.69, 9.17) is 4.74 Å². The van der Waals surface area contributed by atoms with Gasteiger partial charge in [-0.1, -0.05) is 6.92 Å². The average molecular weight is 266 g/mol. The van der Waals surface area contributed by atoms with E-state index in [0.717, 1.165) is 25.9 Å². The minimum atomic E-state index is 0.370. The van der Waals surface area contributed by atoms with Gasteiger partial charge in [0.1, 0.15) is 0 Å². The first kappa shape index (κ1) is 13.8. The molecule has 0 aliphatic carbocycles. The molecule has 1 atom stereocenters. The Balaban J connectivity index is 2.05. The fourth-order valence-electron chi connectivity index (χ4n) is 2.03. The van der Waals surface area contributed by atoms with Crippen molar-refractivity contribution in [2.75, 3.05) is 44.4 Å². The van der Waals surface area contributed by atoms with Crippen LogP contribution >= 0.6 is 0 Å². The van der Waals surface area contributed by atoms with Gasteiger partial charge < -0.3 is 20.3 Å². The molecule has 1 aromatic heterocycles. The molecule has 1 unspecified atom stereocenters. The van der Waals surface area contributed by atoms with Crippen LogP contribution in [0.2, 0.25) is 0 Å². The Kier molecular flexibility index (Phi) is 4.73. The standard InChI is InChI=1S/C12H22N6O/c1-4-7-19-12-16-10(13-2)15-11(17-12)14-9-5-6-18(3)8-9/h9H,4-8H2,1-3H3,(H2,13,14,15,16,17). The number of hydrogen-bond donors (Lipinski definition) is 2. The number of hydrogen-bond acceptors (Lipinski definition) is 7. The van der Waals surface area contributed by atoms with E-state index in [1.54, 1.807) is 7.05 Å². The van der Waals surface area contributed by atoms with E-state index < -0.39 is 0 Å². The summed E-state index contributed by atoms with van der Waals surface area (Å²) in [5, 5.41) is 6.26. The van der Waals surface area contributed by atoms with E-state index in [-0.39, 0.29) is 0 Å². The summed E-state index contributed by atoms with van der Waals surface area (Å²) >= 11 is 0. The molecule has 0 bridgehead atoms. The van der Waals surface area contributed by atoms with Crippen LogP contribution < -0.4 is 15.4 Å². The molecule has 7 nitrogen and oxygen atoms in total. The molecule has 1 aliphatic heterocycles. The van der Waals surface area contributed by atoms with Gasteiger partial charge in [0.25, 0.3) is 0 Å². The molecule has 7 heteroatoms. The van der Waals surface area contributed by atoms with E-state index in [1.807, 2.05) is 6.92 Å². The molecule has 0 saturated carbocycles. The third-order valence-corrected chi connectivity index (χ3v) is 3.00. The van der Waals surface area contributed by atoms with Gasteiger partial charge in [0.2, 0.25) is 11.9 Å². The number of aromatic nitrogens is 3. The van der Waals surface area contributed by atoms with Crippen LogP contribution in [0.1, 0.15) is 19.8 Å². The Bertz CT molecular complexity index is 413. The summed E-state index contributed by atoms with van der Waals surface area (Å²) in [6.45, 7) is 4.76. The lowest BCUT2D eigenvalue weighted by atomic mass is 10.3. The third-order valence-electron chi connectivity index (χ3n) is 3.00. The first-order valence-electron chi connectivity index (χ1n) is 6.73. The fourth-order valence-corrected chi connectivity index (χ4v) is 2.03. The zero-order valence-electron chi connectivity index (χ0n) is 11.8. The molecule has 2 heterocycles. The molecule has 1 aromatic rings. The lowest BCUT2D eigenvalue weighted by Crippen LogP contribution is -2.25. The van der Waals surface area contributed by atoms with Crippen LogP contribution in [0.3, 0.4) is 0 Å². The van der Waals surface area contributed by atoms with E-state index in [1.165, 1.54) is 0 Å². The zero-order valence-corrected chi connectivity index (χ0v) is 11.8. The molecular weight excluding hydrogens is 244 g/mol. The summed E-state index contributed by atoms with van der Waals surface area (Å²) in [5.74, 6) is 1.10. The Morgan fingerprint density at radius 3 is 2.74 bits per heavy atom. The minimum absolute atomic E-state index is 0.370. The van der Waals surface area contributed by atoms with Crippen LogP contribution in [0.5, 0.6) is 6.01 Å². The van der Waals surface area contributed by atoms with E-state index in [2.05, 4.69) is 37.5 Å². The van der Waals surface area contributed by atoms with Crippen molar-refractivity contribution >= 4 is 11.9 Å². The number of ether oxygens (including phenoxy) is 1. The van der Waals surface area contributed by atoms with Crippen LogP contribution in [0, 0.1) is 0 Å². The highest BCUT2D eigenvalue weighted by Crippen LogP contribution is 2.15. The molecule has 1 saturated heterocycles. The molecule has 1 aliphatic rings. The molecule has 106 valence electrons. The van der Waals surface area contributed by atoms with Crippen LogP contribution in [0.25, 0.3) is 0 Å². The smallest absolute Gasteiger partial charge is 0.323 e. The van der Waals surface area contributed by atoms with Crippen molar-refractivity contribution in [1.82, 2.24) is 19.9 Å². The van der Waals surface area contributed by atoms with Gasteiger partial charge in [0.15, 0.2) is 0 Å². The van der Waals surface area contributed by atoms with Gasteiger partial charge in [0.05, 0.1) is 6.61 Å². The highest BCUT2D eigenvalue weighted by atomic mass is 16.5. The van der Waals surface area contributed by atoms with E-state index >= 15 is 0 Å². The first-order chi connectivity index (χ1) is 9.21. The molecule has 0 amide bonds. The monoisotopic (exact) mass is 266 g/mol. The number of nitrogens with one attached hydrogen (secondary N) is 2. The zero-order chi connectivity index (χ0) is 13.7. The Hall–Kier alpha value is -1.63. The van der Waals surface area contributed by atoms with E-state index in [0.29, 0.717) is 30.6 Å². The molecule has 0 radical (unpaired) electrons. The summed E-state index contributed by atoms with van der Waals surface area (Å²) in [6, 6.07) is 0.756. The maximum atomic E-state index is 5.47. The quantitative estimate of drug-likeness (QED) is 0.789. The normalized spacial score (nSPS) is 19.4. The van der Waals surface area contributed by atoms with Gasteiger partial charge in [-0.15, -0.1) is 0 Å². The number of nitrogens with zero attached hydrogens (tertiary/aromatic N) is 4. The summed E-state index contributed by atoms with van der Waals surface area (Å²) in [4.78, 5) is 15.1. The van der Waals surface area contributed by atoms with Crippen molar-refractivity contribution in [3.05, 3.63) is 0 Å². The molecule has 2 rings (SSSR count). The maximum absolute atomic E-state index is 5.47. The van der Waals surface area contributed by atoms with Crippen LogP contribution in [-0.4, -0.2) is 59.7 Å². The highest BCUT2D eigenvalue weighted by molar-refractivity contribution is 5.36. The first-order valence-corrected chi connectivity index (χ1v) is 6.73. The van der Waals surface area contributed by atoms with Gasteiger partial charge in [-0.3, -0.25) is 0 Å². The summed E-state index contributed by atoms with van der Waals surface area (Å²) in [7, 11) is 3.90. The van der Waals surface area contributed by atoms with Crippen LogP contribution in [0.15, 0.2) is 0 Å². The van der Waals surface area contributed by atoms with Gasteiger partial charge in [-0.05, 0) is 26.4 Å². The second-order valence-corrected chi connectivity index (χ2v) is 4.76. The van der Waals surface area contributed by atoms with Crippen molar-refractivity contribution < 1.29 is 4.74 Å². The van der Waals surface area contributed by atoms with Crippen molar-refractivity contribution in [3.8, 4) is 6.01 Å². The second kappa shape index (κ2) is 6.51. The topological polar surface area (TPSA) is 75.2 Å². The summed E-state index contributed by atoms with van der Waals surface area (Å²) in [6.07, 6.45) is 2.03. The van der Waals surface area contributed by atoms with Crippen molar-refractivity contribution in [2.45, 2.75) is 25.8 Å². The summed E-state index contributed by atoms with van der Waals surface area (Å²) in [5.41, 5.74) is 0. The predicted molar refractivity (Wildman–Crippen MR) is 74.7 cm³/mol. The number of rotatable bonds is 6. The predicted octanol–water partition coefficient (Wildman–Crippen LogP) is 0.818. The molecule has 0 aromatic carbocycles. The second-order valence-electron chi connectivity index (χ2n) is 4.76.